The van der Waals surface area contributed by atoms with Crippen molar-refractivity contribution in [2.75, 3.05) is 20.8 Å². The van der Waals surface area contributed by atoms with Crippen LogP contribution in [0.4, 0.5) is 0 Å². The first kappa shape index (κ1) is 21.8. The summed E-state index contributed by atoms with van der Waals surface area (Å²) in [6.45, 7) is 2.47. The third-order valence-electron chi connectivity index (χ3n) is 3.98. The minimum atomic E-state index is -0.486. The summed E-state index contributed by atoms with van der Waals surface area (Å²) in [4.78, 5) is 12.1. The molecule has 0 N–H and O–H groups in total. The van der Waals surface area contributed by atoms with Crippen molar-refractivity contribution in [2.24, 2.45) is 0 Å². The van der Waals surface area contributed by atoms with E-state index in [4.69, 9.17) is 16.9 Å². The van der Waals surface area contributed by atoms with Gasteiger partial charge in [-0.3, -0.25) is 0 Å². The van der Waals surface area contributed by atoms with Crippen LogP contribution in [0.5, 0.6) is 11.5 Å². The zero-order valence-corrected chi connectivity index (χ0v) is 20.5. The van der Waals surface area contributed by atoms with Crippen LogP contribution in [-0.2, 0) is 12.2 Å². The van der Waals surface area contributed by atoms with Gasteiger partial charge in [0.15, 0.2) is 0 Å². The Labute approximate surface area is 181 Å². The quantitative estimate of drug-likeness (QED) is 0.209. The summed E-state index contributed by atoms with van der Waals surface area (Å²) < 4.78 is 21.2. The Hall–Kier alpha value is -2.54. The van der Waals surface area contributed by atoms with Gasteiger partial charge < -0.3 is 0 Å². The van der Waals surface area contributed by atoms with E-state index in [0.717, 1.165) is 12.0 Å². The van der Waals surface area contributed by atoms with E-state index in [2.05, 4.69) is 6.07 Å². The predicted octanol–water partition coefficient (Wildman–Crippen LogP) is 3.64. The van der Waals surface area contributed by atoms with Gasteiger partial charge in [-0.2, -0.15) is 0 Å². The first-order valence-electron chi connectivity index (χ1n) is 8.59. The Morgan fingerprint density at radius 3 is 2.64 bits per heavy atom. The molecule has 0 aliphatic rings. The molecule has 0 heterocycles. The first-order chi connectivity index (χ1) is 13.6. The molecule has 0 amide bonds. The van der Waals surface area contributed by atoms with Gasteiger partial charge in [0.05, 0.1) is 0 Å². The van der Waals surface area contributed by atoms with E-state index < -0.39 is 5.97 Å². The SMILES string of the molecule is CCCOc1c(OC)ccc(-c2cccc(/C(=C/[O][Tl])C(=O)OC)c2)c1C#N. The third-order valence-corrected chi connectivity index (χ3v) is 4.51. The molecule has 2 aromatic rings. The van der Waals surface area contributed by atoms with Crippen LogP contribution >= 0.6 is 0 Å². The Bertz CT molecular complexity index is 917. The van der Waals surface area contributed by atoms with Gasteiger partial charge in [0.2, 0.25) is 0 Å². The molecule has 0 saturated carbocycles. The fourth-order valence-corrected chi connectivity index (χ4v) is 3.22. The van der Waals surface area contributed by atoms with Crippen molar-refractivity contribution in [3.63, 3.8) is 0 Å². The average Bonchev–Trinajstić information content (AvgIpc) is 2.74. The molecule has 2 aromatic carbocycles. The van der Waals surface area contributed by atoms with Crippen molar-refractivity contribution in [3.8, 4) is 28.7 Å². The molecule has 0 atom stereocenters. The van der Waals surface area contributed by atoms with Gasteiger partial charge in [-0.05, 0) is 0 Å². The fourth-order valence-electron chi connectivity index (χ4n) is 2.69. The van der Waals surface area contributed by atoms with Crippen LogP contribution in [0.1, 0.15) is 24.5 Å². The molecule has 0 aliphatic heterocycles. The topological polar surface area (TPSA) is 77.8 Å². The van der Waals surface area contributed by atoms with E-state index in [9.17, 15) is 10.1 Å². The Kier molecular flexibility index (Phi) is 8.32. The van der Waals surface area contributed by atoms with Crippen molar-refractivity contribution in [1.29, 1.82) is 5.26 Å². The Morgan fingerprint density at radius 2 is 2.04 bits per heavy atom. The first-order valence-corrected chi connectivity index (χ1v) is 10.4. The molecule has 142 valence electrons. The molecule has 0 radical (unpaired) electrons. The monoisotopic (exact) mass is 571 g/mol. The maximum absolute atomic E-state index is 12.1. The number of esters is 1. The number of ether oxygens (including phenoxy) is 3. The van der Waals surface area contributed by atoms with Crippen LogP contribution < -0.4 is 9.47 Å². The second-order valence-electron chi connectivity index (χ2n) is 5.72. The number of rotatable bonds is 8. The summed E-state index contributed by atoms with van der Waals surface area (Å²) in [5.41, 5.74) is 2.80. The van der Waals surface area contributed by atoms with E-state index in [-0.39, 0.29) is 26.2 Å². The van der Waals surface area contributed by atoms with Gasteiger partial charge in [0, 0.05) is 0 Å². The fraction of sp³-hybridized carbons (Fsp3) is 0.238. The van der Waals surface area contributed by atoms with E-state index in [1.165, 1.54) is 20.5 Å². The van der Waals surface area contributed by atoms with E-state index >= 15 is 0 Å². The molecule has 0 unspecified atom stereocenters. The zero-order valence-electron chi connectivity index (χ0n) is 16.0. The van der Waals surface area contributed by atoms with E-state index in [1.807, 2.05) is 25.1 Å². The van der Waals surface area contributed by atoms with Crippen LogP contribution in [0, 0.1) is 11.3 Å². The molecular weight excluding hydrogens is 551 g/mol. The zero-order chi connectivity index (χ0) is 20.5. The van der Waals surface area contributed by atoms with E-state index in [1.54, 1.807) is 18.2 Å². The van der Waals surface area contributed by atoms with Gasteiger partial charge in [0.1, 0.15) is 0 Å². The Morgan fingerprint density at radius 1 is 1.25 bits per heavy atom. The summed E-state index contributed by atoms with van der Waals surface area (Å²) in [5.74, 6) is 0.438. The maximum atomic E-state index is 12.1. The number of hydrogen-bond donors (Lipinski definition) is 0. The van der Waals surface area contributed by atoms with Crippen molar-refractivity contribution >= 4 is 37.8 Å². The number of benzene rings is 2. The molecule has 0 bridgehead atoms. The number of nitriles is 1. The second kappa shape index (κ2) is 10.7. The summed E-state index contributed by atoms with van der Waals surface area (Å²) in [6, 6.07) is 13.1. The number of carbonyl (C=O) groups is 1. The van der Waals surface area contributed by atoms with Crippen LogP contribution in [0.2, 0.25) is 0 Å². The van der Waals surface area contributed by atoms with Gasteiger partial charge in [-0.25, -0.2) is 0 Å². The Balaban J connectivity index is 2.61. The second-order valence-corrected chi connectivity index (χ2v) is 6.78. The molecule has 0 aliphatic carbocycles. The normalized spacial score (nSPS) is 10.7. The molecule has 0 fully saturated rings. The number of hydrogen-bond acceptors (Lipinski definition) is 6. The molecule has 6 nitrogen and oxygen atoms in total. The third kappa shape index (κ3) is 4.84. The van der Waals surface area contributed by atoms with Gasteiger partial charge in [-0.1, -0.05) is 6.92 Å². The predicted molar refractivity (Wildman–Crippen MR) is 106 cm³/mol. The number of methoxy groups -OCH3 is 2. The van der Waals surface area contributed by atoms with Crippen molar-refractivity contribution in [2.45, 2.75) is 13.3 Å². The van der Waals surface area contributed by atoms with Crippen LogP contribution in [0.3, 0.4) is 0 Å². The molecule has 28 heavy (non-hydrogen) atoms. The minimum absolute atomic E-state index is 0.248. The average molecular weight is 571 g/mol. The molecule has 0 spiro atoms. The van der Waals surface area contributed by atoms with Crippen LogP contribution in [0.15, 0.2) is 42.7 Å². The van der Waals surface area contributed by atoms with Gasteiger partial charge in [0.25, 0.3) is 0 Å². The number of nitrogens with zero attached hydrogens (tertiary/aromatic N) is 1. The molecule has 2 rings (SSSR count). The molecule has 7 heteroatoms. The summed E-state index contributed by atoms with van der Waals surface area (Å²) in [6.07, 6.45) is 2.21. The molecule has 0 saturated heterocycles. The summed E-state index contributed by atoms with van der Waals surface area (Å²) >= 11 is 0.248. The van der Waals surface area contributed by atoms with Gasteiger partial charge >= 0.3 is 174 Å². The van der Waals surface area contributed by atoms with Gasteiger partial charge in [-0.15, -0.1) is 0 Å². The molecule has 0 aromatic heterocycles. The molecular formula is C21H20NO5Tl. The van der Waals surface area contributed by atoms with Crippen LogP contribution in [-0.4, -0.2) is 53.0 Å². The number of carbonyl (C=O) groups excluding carboxylic acids is 1. The van der Waals surface area contributed by atoms with E-state index in [0.29, 0.717) is 40.4 Å². The van der Waals surface area contributed by atoms with Crippen molar-refractivity contribution in [3.05, 3.63) is 53.8 Å². The summed E-state index contributed by atoms with van der Waals surface area (Å²) in [7, 11) is 2.86. The van der Waals surface area contributed by atoms with Crippen molar-refractivity contribution in [1.82, 2.24) is 0 Å². The van der Waals surface area contributed by atoms with Crippen molar-refractivity contribution < 1.29 is 21.7 Å². The van der Waals surface area contributed by atoms with Crippen LogP contribution in [0.25, 0.3) is 16.7 Å². The summed E-state index contributed by atoms with van der Waals surface area (Å²) in [5, 5.41) is 9.78. The standard InChI is InChI=1S/C21H21NO5.Tl/c1-4-10-27-20-17(12-22)16(8-9-19(20)25-2)14-6-5-7-15(11-14)18(13-23)21(24)26-3;/h5-9,11,13,23H,4,10H2,1-3H3;/q;+1/p-1/b18-13-;.